The number of unbranched alkanes of at least 4 members (excludes halogenated alkanes) is 2. The van der Waals surface area contributed by atoms with Gasteiger partial charge in [-0.2, -0.15) is 0 Å². The van der Waals surface area contributed by atoms with E-state index >= 15 is 0 Å². The molecule has 0 rings (SSSR count). The lowest BCUT2D eigenvalue weighted by molar-refractivity contribution is -0.0133. The van der Waals surface area contributed by atoms with E-state index in [9.17, 15) is 10.2 Å². The molecule has 0 fully saturated rings. The van der Waals surface area contributed by atoms with Gasteiger partial charge in [-0.05, 0) is 38.5 Å². The van der Waals surface area contributed by atoms with Crippen molar-refractivity contribution < 1.29 is 25.2 Å². The van der Waals surface area contributed by atoms with Gasteiger partial charge in [0.05, 0.1) is 25.4 Å². The van der Waals surface area contributed by atoms with Crippen molar-refractivity contribution in [1.82, 2.24) is 0 Å². The lowest BCUT2D eigenvalue weighted by Gasteiger charge is -2.14. The second-order valence-corrected chi connectivity index (χ2v) is 4.28. The van der Waals surface area contributed by atoms with Crippen molar-refractivity contribution >= 4 is 0 Å². The summed E-state index contributed by atoms with van der Waals surface area (Å²) in [5, 5.41) is 36.1. The minimum absolute atomic E-state index is 0.150. The van der Waals surface area contributed by atoms with E-state index in [2.05, 4.69) is 0 Å². The summed E-state index contributed by atoms with van der Waals surface area (Å²) in [6, 6.07) is 0. The van der Waals surface area contributed by atoms with E-state index in [1.165, 1.54) is 0 Å². The minimum Gasteiger partial charge on any atom is -0.396 e. The van der Waals surface area contributed by atoms with E-state index in [0.717, 1.165) is 12.8 Å². The Balaban J connectivity index is 3.29. The Hall–Kier alpha value is -0.200. The standard InChI is InChI=1S/C12H26O5/c13-7-3-1-5-11(15)9-17-10-12(16)6-2-4-8-14/h11-16H,1-10H2. The molecule has 0 spiro atoms. The van der Waals surface area contributed by atoms with Gasteiger partial charge in [-0.1, -0.05) is 0 Å². The highest BCUT2D eigenvalue weighted by molar-refractivity contribution is 4.57. The summed E-state index contributed by atoms with van der Waals surface area (Å²) < 4.78 is 5.19. The lowest BCUT2D eigenvalue weighted by atomic mass is 10.1. The molecule has 4 N–H and O–H groups in total. The summed E-state index contributed by atoms with van der Waals surface area (Å²) in [5.74, 6) is 0. The summed E-state index contributed by atoms with van der Waals surface area (Å²) in [5.41, 5.74) is 0. The highest BCUT2D eigenvalue weighted by Crippen LogP contribution is 2.04. The molecule has 5 heteroatoms. The molecule has 0 bridgehead atoms. The first-order valence-electron chi connectivity index (χ1n) is 6.36. The first-order chi connectivity index (χ1) is 8.20. The van der Waals surface area contributed by atoms with Gasteiger partial charge in [-0.3, -0.25) is 0 Å². The number of ether oxygens (including phenoxy) is 1. The average molecular weight is 250 g/mol. The Morgan fingerprint density at radius 1 is 0.706 bits per heavy atom. The van der Waals surface area contributed by atoms with Crippen molar-refractivity contribution in [2.45, 2.75) is 50.7 Å². The molecule has 2 atom stereocenters. The highest BCUT2D eigenvalue weighted by Gasteiger charge is 2.07. The van der Waals surface area contributed by atoms with Crippen LogP contribution in [0.2, 0.25) is 0 Å². The van der Waals surface area contributed by atoms with Gasteiger partial charge in [0.1, 0.15) is 0 Å². The van der Waals surface area contributed by atoms with Crippen molar-refractivity contribution in [2.24, 2.45) is 0 Å². The summed E-state index contributed by atoms with van der Waals surface area (Å²) in [4.78, 5) is 0. The molecule has 2 unspecified atom stereocenters. The molecule has 0 radical (unpaired) electrons. The van der Waals surface area contributed by atoms with Crippen LogP contribution in [0.25, 0.3) is 0 Å². The topological polar surface area (TPSA) is 90.2 Å². The van der Waals surface area contributed by atoms with Gasteiger partial charge in [0.25, 0.3) is 0 Å². The fraction of sp³-hybridized carbons (Fsp3) is 1.00. The monoisotopic (exact) mass is 250 g/mol. The summed E-state index contributed by atoms with van der Waals surface area (Å²) >= 11 is 0. The van der Waals surface area contributed by atoms with Crippen molar-refractivity contribution in [1.29, 1.82) is 0 Å². The van der Waals surface area contributed by atoms with Crippen LogP contribution in [0.5, 0.6) is 0 Å². The van der Waals surface area contributed by atoms with Gasteiger partial charge in [-0.25, -0.2) is 0 Å². The molecule has 0 aromatic carbocycles. The van der Waals surface area contributed by atoms with Crippen LogP contribution in [0, 0.1) is 0 Å². The van der Waals surface area contributed by atoms with Crippen LogP contribution in [0.3, 0.4) is 0 Å². The zero-order valence-corrected chi connectivity index (χ0v) is 10.4. The largest absolute Gasteiger partial charge is 0.396 e. The fourth-order valence-electron chi connectivity index (χ4n) is 1.49. The molecule has 0 amide bonds. The summed E-state index contributed by atoms with van der Waals surface area (Å²) in [6.45, 7) is 0.749. The predicted molar refractivity (Wildman–Crippen MR) is 64.7 cm³/mol. The van der Waals surface area contributed by atoms with Gasteiger partial charge in [0, 0.05) is 13.2 Å². The van der Waals surface area contributed by atoms with Gasteiger partial charge in [-0.15, -0.1) is 0 Å². The average Bonchev–Trinajstić information content (AvgIpc) is 2.30. The second-order valence-electron chi connectivity index (χ2n) is 4.28. The first-order valence-corrected chi connectivity index (χ1v) is 6.36. The Morgan fingerprint density at radius 3 is 1.47 bits per heavy atom. The van der Waals surface area contributed by atoms with Gasteiger partial charge >= 0.3 is 0 Å². The van der Waals surface area contributed by atoms with Crippen LogP contribution in [-0.4, -0.2) is 59.1 Å². The zero-order valence-electron chi connectivity index (χ0n) is 10.4. The van der Waals surface area contributed by atoms with E-state index in [1.54, 1.807) is 0 Å². The van der Waals surface area contributed by atoms with Crippen LogP contribution in [0.1, 0.15) is 38.5 Å². The number of hydrogen-bond donors (Lipinski definition) is 4. The van der Waals surface area contributed by atoms with E-state index in [4.69, 9.17) is 14.9 Å². The van der Waals surface area contributed by atoms with Crippen LogP contribution >= 0.6 is 0 Å². The highest BCUT2D eigenvalue weighted by atomic mass is 16.5. The molecule has 0 aromatic rings. The maximum atomic E-state index is 9.48. The number of hydrogen-bond acceptors (Lipinski definition) is 5. The van der Waals surface area contributed by atoms with Crippen molar-refractivity contribution in [3.05, 3.63) is 0 Å². The molecule has 0 heterocycles. The molecular formula is C12H26O5. The van der Waals surface area contributed by atoms with Crippen molar-refractivity contribution in [3.8, 4) is 0 Å². The normalized spacial score (nSPS) is 14.8. The quantitative estimate of drug-likeness (QED) is 0.367. The first kappa shape index (κ1) is 16.8. The smallest absolute Gasteiger partial charge is 0.0773 e. The maximum Gasteiger partial charge on any atom is 0.0773 e. The number of aliphatic hydroxyl groups excluding tert-OH is 4. The third-order valence-corrected chi connectivity index (χ3v) is 2.51. The van der Waals surface area contributed by atoms with Crippen LogP contribution in [0.4, 0.5) is 0 Å². The third-order valence-electron chi connectivity index (χ3n) is 2.51. The van der Waals surface area contributed by atoms with Crippen LogP contribution in [0.15, 0.2) is 0 Å². The number of aliphatic hydroxyl groups is 4. The van der Waals surface area contributed by atoms with E-state index < -0.39 is 12.2 Å². The molecule has 17 heavy (non-hydrogen) atoms. The maximum absolute atomic E-state index is 9.48. The Bertz CT molecular complexity index is 138. The van der Waals surface area contributed by atoms with Crippen LogP contribution < -0.4 is 0 Å². The third kappa shape index (κ3) is 12.1. The molecule has 0 saturated heterocycles. The van der Waals surface area contributed by atoms with Gasteiger partial charge in [0.15, 0.2) is 0 Å². The second kappa shape index (κ2) is 12.3. The van der Waals surface area contributed by atoms with Crippen molar-refractivity contribution in [2.75, 3.05) is 26.4 Å². The van der Waals surface area contributed by atoms with Gasteiger partial charge < -0.3 is 25.2 Å². The summed E-state index contributed by atoms with van der Waals surface area (Å²) in [6.07, 6.45) is 3.13. The minimum atomic E-state index is -0.522. The predicted octanol–water partition coefficient (Wildman–Crippen LogP) is 0.0500. The molecule has 0 aliphatic rings. The molecular weight excluding hydrogens is 224 g/mol. The zero-order chi connectivity index (χ0) is 12.9. The molecule has 5 nitrogen and oxygen atoms in total. The van der Waals surface area contributed by atoms with E-state index in [0.29, 0.717) is 25.7 Å². The van der Waals surface area contributed by atoms with E-state index in [-0.39, 0.29) is 26.4 Å². The molecule has 0 saturated carbocycles. The molecule has 104 valence electrons. The van der Waals surface area contributed by atoms with Gasteiger partial charge in [0.2, 0.25) is 0 Å². The fourth-order valence-corrected chi connectivity index (χ4v) is 1.49. The Morgan fingerprint density at radius 2 is 1.12 bits per heavy atom. The summed E-state index contributed by atoms with van der Waals surface area (Å²) in [7, 11) is 0. The van der Waals surface area contributed by atoms with Crippen LogP contribution in [-0.2, 0) is 4.74 Å². The Labute approximate surface area is 103 Å². The Kier molecular flexibility index (Phi) is 12.1. The lowest BCUT2D eigenvalue weighted by Crippen LogP contribution is -2.21. The number of rotatable bonds is 12. The van der Waals surface area contributed by atoms with E-state index in [1.807, 2.05) is 0 Å². The van der Waals surface area contributed by atoms with Crippen molar-refractivity contribution in [3.63, 3.8) is 0 Å². The molecule has 0 aliphatic heterocycles. The molecule has 0 aromatic heterocycles. The SMILES string of the molecule is OCCCCC(O)COCC(O)CCCCO. The molecule has 0 aliphatic carbocycles.